The van der Waals surface area contributed by atoms with E-state index in [2.05, 4.69) is 33.0 Å². The highest BCUT2D eigenvalue weighted by Crippen LogP contribution is 2.25. The molecule has 0 saturated heterocycles. The van der Waals surface area contributed by atoms with Gasteiger partial charge in [0, 0.05) is 16.3 Å². The summed E-state index contributed by atoms with van der Waals surface area (Å²) in [5, 5.41) is 7.51. The molecular weight excluding hydrogens is 315 g/mol. The third-order valence-corrected chi connectivity index (χ3v) is 3.09. The summed E-state index contributed by atoms with van der Waals surface area (Å²) < 4.78 is 2.96. The smallest absolute Gasteiger partial charge is 0.152 e. The summed E-state index contributed by atoms with van der Waals surface area (Å²) >= 11 is 2.27. The molecule has 0 radical (unpaired) electrons. The van der Waals surface area contributed by atoms with E-state index in [0.29, 0.717) is 5.69 Å². The highest BCUT2D eigenvalue weighted by atomic mass is 127. The van der Waals surface area contributed by atoms with Crippen molar-refractivity contribution < 1.29 is 0 Å². The molecule has 1 aromatic carbocycles. The third kappa shape index (κ3) is 2.13. The van der Waals surface area contributed by atoms with Crippen molar-refractivity contribution in [2.45, 2.75) is 6.92 Å². The molecule has 5 heteroatoms. The molecule has 0 amide bonds. The molecule has 4 nitrogen and oxygen atoms in total. The Bertz CT molecular complexity index is 501. The van der Waals surface area contributed by atoms with E-state index >= 15 is 0 Å². The second kappa shape index (κ2) is 4.32. The number of nitrogen functional groups attached to an aromatic ring is 1. The van der Waals surface area contributed by atoms with Crippen LogP contribution in [0.4, 0.5) is 17.2 Å². The van der Waals surface area contributed by atoms with E-state index in [0.717, 1.165) is 17.2 Å². The maximum absolute atomic E-state index is 5.93. The molecule has 0 aliphatic rings. The number of hydrogen-bond acceptors (Lipinski definition) is 3. The van der Waals surface area contributed by atoms with Gasteiger partial charge in [0.15, 0.2) is 5.82 Å². The van der Waals surface area contributed by atoms with Crippen LogP contribution in [0, 0.1) is 10.5 Å². The zero-order valence-electron chi connectivity index (χ0n) is 9.16. The molecule has 2 rings (SSSR count). The van der Waals surface area contributed by atoms with Crippen molar-refractivity contribution in [1.29, 1.82) is 0 Å². The summed E-state index contributed by atoms with van der Waals surface area (Å²) in [6.07, 6.45) is 0. The van der Waals surface area contributed by atoms with Gasteiger partial charge >= 0.3 is 0 Å². The fourth-order valence-corrected chi connectivity index (χ4v) is 1.85. The van der Waals surface area contributed by atoms with E-state index in [9.17, 15) is 0 Å². The Hall–Kier alpha value is -1.24. The lowest BCUT2D eigenvalue weighted by molar-refractivity contribution is 0.765. The SMILES string of the molecule is Cc1nn(C)c(Nc2ccc(I)cc2)c1N. The first kappa shape index (κ1) is 11.3. The molecule has 0 bridgehead atoms. The van der Waals surface area contributed by atoms with Crippen LogP contribution in [0.3, 0.4) is 0 Å². The first-order valence-corrected chi connectivity index (χ1v) is 5.97. The number of nitrogens with zero attached hydrogens (tertiary/aromatic N) is 2. The maximum atomic E-state index is 5.93. The molecule has 0 fully saturated rings. The summed E-state index contributed by atoms with van der Waals surface area (Å²) in [5.41, 5.74) is 8.48. The van der Waals surface area contributed by atoms with E-state index in [1.165, 1.54) is 3.57 Å². The maximum Gasteiger partial charge on any atom is 0.152 e. The second-order valence-electron chi connectivity index (χ2n) is 3.60. The molecule has 16 heavy (non-hydrogen) atoms. The van der Waals surface area contributed by atoms with Gasteiger partial charge in [-0.15, -0.1) is 0 Å². The molecule has 84 valence electrons. The Balaban J connectivity index is 2.30. The average Bonchev–Trinajstić information content (AvgIpc) is 2.48. The quantitative estimate of drug-likeness (QED) is 0.834. The molecule has 0 spiro atoms. The fraction of sp³-hybridized carbons (Fsp3) is 0.182. The summed E-state index contributed by atoms with van der Waals surface area (Å²) in [6, 6.07) is 8.12. The van der Waals surface area contributed by atoms with Crippen molar-refractivity contribution in [2.75, 3.05) is 11.1 Å². The molecule has 2 aromatic rings. The van der Waals surface area contributed by atoms with Crippen LogP contribution in [-0.2, 0) is 7.05 Å². The Morgan fingerprint density at radius 2 is 1.94 bits per heavy atom. The van der Waals surface area contributed by atoms with E-state index in [1.807, 2.05) is 38.2 Å². The predicted octanol–water partition coefficient (Wildman–Crippen LogP) is 2.66. The minimum absolute atomic E-state index is 0.695. The van der Waals surface area contributed by atoms with Crippen LogP contribution >= 0.6 is 22.6 Å². The summed E-state index contributed by atoms with van der Waals surface area (Å²) in [5.74, 6) is 0.832. The van der Waals surface area contributed by atoms with Gasteiger partial charge < -0.3 is 11.1 Å². The number of aromatic nitrogens is 2. The number of hydrogen-bond donors (Lipinski definition) is 2. The van der Waals surface area contributed by atoms with Crippen molar-refractivity contribution in [3.63, 3.8) is 0 Å². The monoisotopic (exact) mass is 328 g/mol. The highest BCUT2D eigenvalue weighted by molar-refractivity contribution is 14.1. The van der Waals surface area contributed by atoms with Gasteiger partial charge in [-0.05, 0) is 53.8 Å². The number of anilines is 3. The molecular formula is C11H13IN4. The molecule has 1 aromatic heterocycles. The minimum atomic E-state index is 0.695. The van der Waals surface area contributed by atoms with Crippen molar-refractivity contribution in [3.05, 3.63) is 33.5 Å². The van der Waals surface area contributed by atoms with E-state index < -0.39 is 0 Å². The Morgan fingerprint density at radius 3 is 2.44 bits per heavy atom. The molecule has 1 heterocycles. The summed E-state index contributed by atoms with van der Waals surface area (Å²) in [4.78, 5) is 0. The van der Waals surface area contributed by atoms with Crippen LogP contribution in [0.2, 0.25) is 0 Å². The summed E-state index contributed by atoms with van der Waals surface area (Å²) in [6.45, 7) is 1.90. The van der Waals surface area contributed by atoms with Gasteiger partial charge in [-0.2, -0.15) is 5.10 Å². The molecule has 0 atom stereocenters. The van der Waals surface area contributed by atoms with Gasteiger partial charge in [-0.25, -0.2) is 0 Å². The van der Waals surface area contributed by atoms with Crippen LogP contribution < -0.4 is 11.1 Å². The Labute approximate surface area is 108 Å². The minimum Gasteiger partial charge on any atom is -0.394 e. The standard InChI is InChI=1S/C11H13IN4/c1-7-10(13)11(16(2)15-7)14-9-5-3-8(12)4-6-9/h3-6,14H,13H2,1-2H3. The van der Waals surface area contributed by atoms with Gasteiger partial charge in [0.05, 0.1) is 11.4 Å². The highest BCUT2D eigenvalue weighted by Gasteiger charge is 2.09. The molecule has 0 aliphatic carbocycles. The van der Waals surface area contributed by atoms with Crippen LogP contribution in [-0.4, -0.2) is 9.78 Å². The number of nitrogens with two attached hydrogens (primary N) is 1. The second-order valence-corrected chi connectivity index (χ2v) is 4.85. The van der Waals surface area contributed by atoms with E-state index in [4.69, 9.17) is 5.73 Å². The van der Waals surface area contributed by atoms with Gasteiger partial charge in [-0.3, -0.25) is 4.68 Å². The predicted molar refractivity (Wildman–Crippen MR) is 74.8 cm³/mol. The first-order valence-electron chi connectivity index (χ1n) is 4.89. The van der Waals surface area contributed by atoms with Gasteiger partial charge in [-0.1, -0.05) is 0 Å². The number of halogens is 1. The van der Waals surface area contributed by atoms with Crippen LogP contribution in [0.1, 0.15) is 5.69 Å². The number of benzene rings is 1. The summed E-state index contributed by atoms with van der Waals surface area (Å²) in [7, 11) is 1.87. The lowest BCUT2D eigenvalue weighted by Crippen LogP contribution is -2.01. The van der Waals surface area contributed by atoms with Crippen molar-refractivity contribution in [3.8, 4) is 0 Å². The van der Waals surface area contributed by atoms with Crippen LogP contribution in [0.15, 0.2) is 24.3 Å². The molecule has 3 N–H and O–H groups in total. The van der Waals surface area contributed by atoms with Gasteiger partial charge in [0.1, 0.15) is 0 Å². The fourth-order valence-electron chi connectivity index (χ4n) is 1.49. The Kier molecular flexibility index (Phi) is 3.04. The lowest BCUT2D eigenvalue weighted by atomic mass is 10.3. The normalized spacial score (nSPS) is 10.4. The lowest BCUT2D eigenvalue weighted by Gasteiger charge is -2.07. The van der Waals surface area contributed by atoms with E-state index in [1.54, 1.807) is 4.68 Å². The third-order valence-electron chi connectivity index (χ3n) is 2.38. The Morgan fingerprint density at radius 1 is 1.31 bits per heavy atom. The average molecular weight is 328 g/mol. The number of nitrogens with one attached hydrogen (secondary N) is 1. The van der Waals surface area contributed by atoms with Crippen molar-refractivity contribution in [1.82, 2.24) is 9.78 Å². The molecule has 0 saturated carbocycles. The van der Waals surface area contributed by atoms with Crippen molar-refractivity contribution in [2.24, 2.45) is 7.05 Å². The van der Waals surface area contributed by atoms with Crippen molar-refractivity contribution >= 4 is 39.8 Å². The first-order chi connectivity index (χ1) is 7.58. The molecule has 0 unspecified atom stereocenters. The number of aryl methyl sites for hydroxylation is 2. The largest absolute Gasteiger partial charge is 0.394 e. The molecule has 0 aliphatic heterocycles. The van der Waals surface area contributed by atoms with Gasteiger partial charge in [0.25, 0.3) is 0 Å². The van der Waals surface area contributed by atoms with Gasteiger partial charge in [0.2, 0.25) is 0 Å². The topological polar surface area (TPSA) is 55.9 Å². The van der Waals surface area contributed by atoms with E-state index in [-0.39, 0.29) is 0 Å². The van der Waals surface area contributed by atoms with Crippen LogP contribution in [0.5, 0.6) is 0 Å². The zero-order chi connectivity index (χ0) is 11.7. The number of rotatable bonds is 2. The zero-order valence-corrected chi connectivity index (χ0v) is 11.3. The van der Waals surface area contributed by atoms with Crippen LogP contribution in [0.25, 0.3) is 0 Å².